The number of likely N-dealkylation sites (N-methyl/N-ethyl adjacent to an activating group) is 1. The van der Waals surface area contributed by atoms with Crippen LogP contribution in [0.4, 0.5) is 14.9 Å². The number of hydrogen-bond donors (Lipinski definition) is 2. The fourth-order valence-corrected chi connectivity index (χ4v) is 4.92. The van der Waals surface area contributed by atoms with Gasteiger partial charge in [-0.25, -0.2) is 17.6 Å². The van der Waals surface area contributed by atoms with Crippen LogP contribution >= 0.6 is 0 Å². The summed E-state index contributed by atoms with van der Waals surface area (Å²) in [7, 11) is -2.13. The molecule has 2 N–H and O–H groups in total. The lowest BCUT2D eigenvalue weighted by atomic mass is 9.88. The molecule has 30 heavy (non-hydrogen) atoms. The van der Waals surface area contributed by atoms with E-state index in [1.54, 1.807) is 24.3 Å². The third-order valence-corrected chi connectivity index (χ3v) is 7.25. The summed E-state index contributed by atoms with van der Waals surface area (Å²) in [6.07, 6.45) is 5.01. The van der Waals surface area contributed by atoms with E-state index in [1.807, 2.05) is 0 Å². The first-order valence-corrected chi connectivity index (χ1v) is 11.2. The summed E-state index contributed by atoms with van der Waals surface area (Å²) in [5, 5.41) is 5.81. The normalized spacial score (nSPS) is 15.7. The van der Waals surface area contributed by atoms with Gasteiger partial charge in [-0.3, -0.25) is 0 Å². The number of hydrogen-bond acceptors (Lipinski definition) is 3. The average Bonchev–Trinajstić information content (AvgIpc) is 3.18. The lowest BCUT2D eigenvalue weighted by molar-refractivity contribution is 0.236. The van der Waals surface area contributed by atoms with Gasteiger partial charge >= 0.3 is 6.03 Å². The van der Waals surface area contributed by atoms with E-state index in [0.29, 0.717) is 5.69 Å². The van der Waals surface area contributed by atoms with Crippen LogP contribution in [0.1, 0.15) is 31.2 Å². The van der Waals surface area contributed by atoms with Crippen molar-refractivity contribution in [3.8, 4) is 0 Å². The zero-order valence-electron chi connectivity index (χ0n) is 16.9. The van der Waals surface area contributed by atoms with Gasteiger partial charge < -0.3 is 10.6 Å². The molecule has 0 radical (unpaired) electrons. The van der Waals surface area contributed by atoms with E-state index in [4.69, 9.17) is 0 Å². The molecule has 1 fully saturated rings. The van der Waals surface area contributed by atoms with Gasteiger partial charge in [0.05, 0.1) is 10.4 Å². The highest BCUT2D eigenvalue weighted by Gasteiger charge is 2.37. The number of amides is 2. The molecule has 0 heterocycles. The number of carbonyl (C=O) groups excluding carboxylic acids is 1. The standard InChI is InChI=1S/C22H26FN3O3S/c1-3-16-26(2)30(28,29)20-12-10-19(11-13-20)24-21(27)25-22(14-4-5-15-22)17-6-8-18(23)9-7-17/h3,6-13H,1,4-5,14-16H2,2H3,(H2,24,25,27). The lowest BCUT2D eigenvalue weighted by Crippen LogP contribution is -2.45. The van der Waals surface area contributed by atoms with Crippen LogP contribution in [-0.4, -0.2) is 32.3 Å². The molecule has 160 valence electrons. The van der Waals surface area contributed by atoms with Gasteiger partial charge in [-0.05, 0) is 54.8 Å². The highest BCUT2D eigenvalue weighted by Crippen LogP contribution is 2.38. The van der Waals surface area contributed by atoms with E-state index in [0.717, 1.165) is 31.2 Å². The first-order chi connectivity index (χ1) is 14.3. The number of nitrogens with zero attached hydrogens (tertiary/aromatic N) is 1. The summed E-state index contributed by atoms with van der Waals surface area (Å²) in [6, 6.07) is 11.8. The number of benzene rings is 2. The van der Waals surface area contributed by atoms with Crippen molar-refractivity contribution < 1.29 is 17.6 Å². The summed E-state index contributed by atoms with van der Waals surface area (Å²) in [4.78, 5) is 12.8. The maximum Gasteiger partial charge on any atom is 0.319 e. The van der Waals surface area contributed by atoms with E-state index in [1.165, 1.54) is 41.7 Å². The third kappa shape index (κ3) is 4.71. The molecule has 6 nitrogen and oxygen atoms in total. The van der Waals surface area contributed by atoms with Crippen molar-refractivity contribution in [1.29, 1.82) is 0 Å². The quantitative estimate of drug-likeness (QED) is 0.644. The number of nitrogens with one attached hydrogen (secondary N) is 2. The number of carbonyl (C=O) groups is 1. The van der Waals surface area contributed by atoms with Crippen molar-refractivity contribution >= 4 is 21.7 Å². The van der Waals surface area contributed by atoms with Gasteiger partial charge in [0.2, 0.25) is 10.0 Å². The monoisotopic (exact) mass is 431 g/mol. The summed E-state index contributed by atoms with van der Waals surface area (Å²) >= 11 is 0. The van der Waals surface area contributed by atoms with E-state index >= 15 is 0 Å². The zero-order valence-corrected chi connectivity index (χ0v) is 17.7. The lowest BCUT2D eigenvalue weighted by Gasteiger charge is -2.31. The number of sulfonamides is 1. The molecule has 8 heteroatoms. The number of halogens is 1. The number of urea groups is 1. The molecule has 1 aliphatic carbocycles. The van der Waals surface area contributed by atoms with Gasteiger partial charge in [0.15, 0.2) is 0 Å². The predicted molar refractivity (Wildman–Crippen MR) is 115 cm³/mol. The van der Waals surface area contributed by atoms with Gasteiger partial charge in [0.25, 0.3) is 0 Å². The van der Waals surface area contributed by atoms with Crippen LogP contribution in [0.2, 0.25) is 0 Å². The van der Waals surface area contributed by atoms with Crippen LogP contribution in [0.15, 0.2) is 66.1 Å². The molecule has 2 amide bonds. The largest absolute Gasteiger partial charge is 0.328 e. The molecule has 2 aromatic rings. The first kappa shape index (κ1) is 22.0. The minimum Gasteiger partial charge on any atom is -0.328 e. The van der Waals surface area contributed by atoms with Crippen LogP contribution in [0, 0.1) is 5.82 Å². The van der Waals surface area contributed by atoms with E-state index in [2.05, 4.69) is 17.2 Å². The second kappa shape index (κ2) is 8.97. The first-order valence-electron chi connectivity index (χ1n) is 9.79. The fraction of sp³-hybridized carbons (Fsp3) is 0.318. The predicted octanol–water partition coefficient (Wildman–Crippen LogP) is 4.22. The summed E-state index contributed by atoms with van der Waals surface area (Å²) in [5.41, 5.74) is 0.822. The molecular formula is C22H26FN3O3S. The van der Waals surface area contributed by atoms with E-state index < -0.39 is 15.6 Å². The summed E-state index contributed by atoms with van der Waals surface area (Å²) < 4.78 is 39.4. The molecule has 0 spiro atoms. The van der Waals surface area contributed by atoms with Gasteiger partial charge in [-0.1, -0.05) is 31.1 Å². The van der Waals surface area contributed by atoms with E-state index in [9.17, 15) is 17.6 Å². The van der Waals surface area contributed by atoms with Crippen LogP contribution < -0.4 is 10.6 Å². The Morgan fingerprint density at radius 2 is 1.73 bits per heavy atom. The Bertz CT molecular complexity index is 999. The molecule has 3 rings (SSSR count). The van der Waals surface area contributed by atoms with Gasteiger partial charge in [0, 0.05) is 19.3 Å². The molecule has 0 saturated heterocycles. The summed E-state index contributed by atoms with van der Waals surface area (Å²) in [5.74, 6) is -0.315. The Balaban J connectivity index is 1.71. The highest BCUT2D eigenvalue weighted by atomic mass is 32.2. The molecule has 0 bridgehead atoms. The molecule has 1 aliphatic rings. The molecule has 0 aromatic heterocycles. The van der Waals surface area contributed by atoms with Crippen LogP contribution in [0.25, 0.3) is 0 Å². The fourth-order valence-electron chi connectivity index (χ4n) is 3.78. The molecule has 0 unspecified atom stereocenters. The Kier molecular flexibility index (Phi) is 6.58. The van der Waals surface area contributed by atoms with Crippen molar-refractivity contribution in [1.82, 2.24) is 9.62 Å². The van der Waals surface area contributed by atoms with Crippen molar-refractivity contribution in [3.05, 3.63) is 72.6 Å². The maximum absolute atomic E-state index is 13.3. The molecule has 0 atom stereocenters. The smallest absolute Gasteiger partial charge is 0.319 e. The minimum absolute atomic E-state index is 0.136. The van der Waals surface area contributed by atoms with Crippen molar-refractivity contribution in [3.63, 3.8) is 0 Å². The topological polar surface area (TPSA) is 78.5 Å². The second-order valence-electron chi connectivity index (χ2n) is 7.47. The van der Waals surface area contributed by atoms with Crippen LogP contribution in [0.5, 0.6) is 0 Å². The second-order valence-corrected chi connectivity index (χ2v) is 9.52. The van der Waals surface area contributed by atoms with Crippen molar-refractivity contribution in [2.75, 3.05) is 18.9 Å². The van der Waals surface area contributed by atoms with Gasteiger partial charge in [-0.15, -0.1) is 6.58 Å². The van der Waals surface area contributed by atoms with Crippen LogP contribution in [-0.2, 0) is 15.6 Å². The van der Waals surface area contributed by atoms with Crippen LogP contribution in [0.3, 0.4) is 0 Å². The zero-order chi connectivity index (χ0) is 21.8. The van der Waals surface area contributed by atoms with Gasteiger partial charge in [0.1, 0.15) is 5.82 Å². The minimum atomic E-state index is -3.61. The van der Waals surface area contributed by atoms with Crippen molar-refractivity contribution in [2.24, 2.45) is 0 Å². The Morgan fingerprint density at radius 1 is 1.13 bits per heavy atom. The molecular weight excluding hydrogens is 405 g/mol. The van der Waals surface area contributed by atoms with Crippen molar-refractivity contribution in [2.45, 2.75) is 36.1 Å². The Labute approximate surface area is 176 Å². The number of rotatable bonds is 7. The SMILES string of the molecule is C=CCN(C)S(=O)(=O)c1ccc(NC(=O)NC2(c3ccc(F)cc3)CCCC2)cc1. The molecule has 2 aromatic carbocycles. The maximum atomic E-state index is 13.3. The molecule has 0 aliphatic heterocycles. The van der Waals surface area contributed by atoms with Gasteiger partial charge in [-0.2, -0.15) is 4.31 Å². The van der Waals surface area contributed by atoms with E-state index in [-0.39, 0.29) is 23.3 Å². The number of anilines is 1. The average molecular weight is 432 g/mol. The highest BCUT2D eigenvalue weighted by molar-refractivity contribution is 7.89. The Morgan fingerprint density at radius 3 is 2.30 bits per heavy atom. The Hall–Kier alpha value is -2.71. The third-order valence-electron chi connectivity index (χ3n) is 5.41. The molecule has 1 saturated carbocycles. The summed E-state index contributed by atoms with van der Waals surface area (Å²) in [6.45, 7) is 3.75.